The second-order valence-corrected chi connectivity index (χ2v) is 8.84. The number of phenolic OH excluding ortho intramolecular Hbond substituents is 1. The first-order valence-electron chi connectivity index (χ1n) is 9.49. The summed E-state index contributed by atoms with van der Waals surface area (Å²) in [5, 5.41) is 15.7. The van der Waals surface area contributed by atoms with Gasteiger partial charge in [-0.1, -0.05) is 30.3 Å². The number of carbonyl (C=O) groups is 1. The van der Waals surface area contributed by atoms with Gasteiger partial charge in [0.25, 0.3) is 5.91 Å². The number of benzene rings is 3. The zero-order chi connectivity index (χ0) is 23.3. The highest BCUT2D eigenvalue weighted by atomic mass is 32.2. The van der Waals surface area contributed by atoms with Crippen molar-refractivity contribution in [3.8, 4) is 17.2 Å². The molecule has 0 aliphatic heterocycles. The molecule has 0 heterocycles. The average Bonchev–Trinajstić information content (AvgIpc) is 2.79. The number of carbonyl (C=O) groups excluding carboxylic acids is 1. The molecule has 3 aromatic rings. The highest BCUT2D eigenvalue weighted by Gasteiger charge is 2.24. The molecule has 0 unspecified atom stereocenters. The van der Waals surface area contributed by atoms with E-state index < -0.39 is 22.5 Å². The molecule has 2 N–H and O–H groups in total. The molecule has 1 amide bonds. The molecule has 0 aliphatic carbocycles. The van der Waals surface area contributed by atoms with Crippen molar-refractivity contribution in [3.63, 3.8) is 0 Å². The third kappa shape index (κ3) is 4.82. The van der Waals surface area contributed by atoms with Crippen molar-refractivity contribution >= 4 is 32.9 Å². The molecule has 32 heavy (non-hydrogen) atoms. The summed E-state index contributed by atoms with van der Waals surface area (Å²) in [6.45, 7) is -0.463. The van der Waals surface area contributed by atoms with Gasteiger partial charge in [0.2, 0.25) is 10.0 Å². The van der Waals surface area contributed by atoms with E-state index in [1.165, 1.54) is 51.7 Å². The second kappa shape index (κ2) is 9.67. The molecule has 0 aromatic heterocycles. The van der Waals surface area contributed by atoms with Crippen LogP contribution in [0, 0.1) is 0 Å². The van der Waals surface area contributed by atoms with E-state index in [1.807, 2.05) is 24.3 Å². The van der Waals surface area contributed by atoms with Gasteiger partial charge in [0, 0.05) is 18.7 Å². The van der Waals surface area contributed by atoms with Crippen LogP contribution in [-0.2, 0) is 14.8 Å². The molecule has 0 saturated heterocycles. The molecule has 0 spiro atoms. The van der Waals surface area contributed by atoms with E-state index in [-0.39, 0.29) is 16.4 Å². The molecule has 10 heteroatoms. The van der Waals surface area contributed by atoms with Gasteiger partial charge in [-0.15, -0.1) is 0 Å². The number of ether oxygens (including phenoxy) is 2. The van der Waals surface area contributed by atoms with Gasteiger partial charge in [-0.25, -0.2) is 13.8 Å². The van der Waals surface area contributed by atoms with Crippen molar-refractivity contribution in [2.45, 2.75) is 4.90 Å². The van der Waals surface area contributed by atoms with Gasteiger partial charge in [-0.3, -0.25) is 4.79 Å². The maximum atomic E-state index is 12.8. The molecule has 0 radical (unpaired) electrons. The molecular weight excluding hydrogens is 434 g/mol. The van der Waals surface area contributed by atoms with Crippen LogP contribution in [0.3, 0.4) is 0 Å². The summed E-state index contributed by atoms with van der Waals surface area (Å²) in [4.78, 5) is 12.2. The van der Waals surface area contributed by atoms with Crippen molar-refractivity contribution in [2.75, 3.05) is 27.8 Å². The smallest absolute Gasteiger partial charge is 0.255 e. The number of likely N-dealkylation sites (N-methyl/N-ethyl adjacent to an activating group) is 1. The Kier molecular flexibility index (Phi) is 6.96. The fraction of sp³-hybridized carbons (Fsp3) is 0.182. The van der Waals surface area contributed by atoms with Crippen LogP contribution < -0.4 is 14.9 Å². The third-order valence-electron chi connectivity index (χ3n) is 4.76. The summed E-state index contributed by atoms with van der Waals surface area (Å²) in [7, 11) is 0.170. The van der Waals surface area contributed by atoms with E-state index in [0.717, 1.165) is 15.1 Å². The zero-order valence-corrected chi connectivity index (χ0v) is 18.6. The number of amides is 1. The monoisotopic (exact) mass is 457 g/mol. The Morgan fingerprint density at radius 1 is 1.09 bits per heavy atom. The molecule has 9 nitrogen and oxygen atoms in total. The minimum atomic E-state index is -3.96. The number of sulfonamides is 1. The fourth-order valence-electron chi connectivity index (χ4n) is 3.07. The molecule has 0 saturated carbocycles. The first-order chi connectivity index (χ1) is 15.3. The van der Waals surface area contributed by atoms with E-state index in [9.17, 15) is 18.3 Å². The number of nitrogens with zero attached hydrogens (tertiary/aromatic N) is 2. The molecular formula is C22H23N3O6S. The maximum absolute atomic E-state index is 12.8. The van der Waals surface area contributed by atoms with Gasteiger partial charge in [0.15, 0.2) is 11.5 Å². The second-order valence-electron chi connectivity index (χ2n) is 6.79. The number of methoxy groups -OCH3 is 2. The molecule has 3 aromatic carbocycles. The fourth-order valence-corrected chi connectivity index (χ4v) is 4.21. The lowest BCUT2D eigenvalue weighted by molar-refractivity contribution is -0.121. The lowest BCUT2D eigenvalue weighted by Gasteiger charge is -2.17. The van der Waals surface area contributed by atoms with Gasteiger partial charge < -0.3 is 14.6 Å². The SMILES string of the molecule is COc1ccc(S(=O)(=O)N(C)CC(=O)N/N=C\c2c(O)ccc3ccccc23)cc1OC. The first-order valence-corrected chi connectivity index (χ1v) is 10.9. The lowest BCUT2D eigenvalue weighted by Crippen LogP contribution is -2.36. The normalized spacial score (nSPS) is 11.8. The Balaban J connectivity index is 1.71. The number of phenols is 1. The van der Waals surface area contributed by atoms with E-state index in [0.29, 0.717) is 11.3 Å². The highest BCUT2D eigenvalue weighted by molar-refractivity contribution is 7.89. The van der Waals surface area contributed by atoms with Crippen molar-refractivity contribution in [2.24, 2.45) is 5.10 Å². The standard InChI is InChI=1S/C22H23N3O6S/c1-25(32(28,29)16-9-11-20(30-2)21(12-16)31-3)14-22(27)24-23-13-18-17-7-5-4-6-15(17)8-10-19(18)26/h4-13,26H,14H2,1-3H3,(H,24,27)/b23-13-. The predicted octanol–water partition coefficient (Wildman–Crippen LogP) is 2.33. The van der Waals surface area contributed by atoms with Crippen molar-refractivity contribution in [1.82, 2.24) is 9.73 Å². The number of hydrazone groups is 1. The van der Waals surface area contributed by atoms with E-state index in [4.69, 9.17) is 9.47 Å². The maximum Gasteiger partial charge on any atom is 0.255 e. The van der Waals surface area contributed by atoms with Crippen molar-refractivity contribution in [3.05, 3.63) is 60.2 Å². The van der Waals surface area contributed by atoms with Crippen LogP contribution in [0.25, 0.3) is 10.8 Å². The quantitative estimate of drug-likeness (QED) is 0.396. The molecule has 0 atom stereocenters. The number of nitrogens with one attached hydrogen (secondary N) is 1. The van der Waals surface area contributed by atoms with Gasteiger partial charge >= 0.3 is 0 Å². The summed E-state index contributed by atoms with van der Waals surface area (Å²) in [5.74, 6) is 0.00571. The van der Waals surface area contributed by atoms with Crippen LogP contribution in [0.15, 0.2) is 64.6 Å². The summed E-state index contributed by atoms with van der Waals surface area (Å²) < 4.78 is 36.8. The zero-order valence-electron chi connectivity index (χ0n) is 17.8. The van der Waals surface area contributed by atoms with Crippen LogP contribution in [0.1, 0.15) is 5.56 Å². The number of hydrogen-bond donors (Lipinski definition) is 2. The predicted molar refractivity (Wildman–Crippen MR) is 121 cm³/mol. The highest BCUT2D eigenvalue weighted by Crippen LogP contribution is 2.30. The Labute approximate surface area is 185 Å². The molecule has 0 bridgehead atoms. The summed E-state index contributed by atoms with van der Waals surface area (Å²) in [6.07, 6.45) is 1.32. The Hall–Kier alpha value is -3.63. The summed E-state index contributed by atoms with van der Waals surface area (Å²) >= 11 is 0. The van der Waals surface area contributed by atoms with Crippen molar-refractivity contribution < 1.29 is 27.8 Å². The van der Waals surface area contributed by atoms with Crippen LogP contribution in [-0.4, -0.2) is 57.8 Å². The van der Waals surface area contributed by atoms with E-state index in [1.54, 1.807) is 6.07 Å². The molecule has 3 rings (SSSR count). The van der Waals surface area contributed by atoms with Gasteiger partial charge in [-0.05, 0) is 29.0 Å². The lowest BCUT2D eigenvalue weighted by atomic mass is 10.0. The molecule has 168 valence electrons. The number of fused-ring (bicyclic) bond motifs is 1. The van der Waals surface area contributed by atoms with Crippen LogP contribution in [0.2, 0.25) is 0 Å². The number of hydrogen-bond acceptors (Lipinski definition) is 7. The Morgan fingerprint density at radius 3 is 2.53 bits per heavy atom. The minimum Gasteiger partial charge on any atom is -0.507 e. The van der Waals surface area contributed by atoms with E-state index in [2.05, 4.69) is 10.5 Å². The largest absolute Gasteiger partial charge is 0.507 e. The molecule has 0 fully saturated rings. The number of rotatable bonds is 8. The number of aromatic hydroxyl groups is 1. The first kappa shape index (κ1) is 23.0. The topological polar surface area (TPSA) is 118 Å². The summed E-state index contributed by atoms with van der Waals surface area (Å²) in [5.41, 5.74) is 2.73. The van der Waals surface area contributed by atoms with Crippen LogP contribution in [0.5, 0.6) is 17.2 Å². The Bertz CT molecular complexity index is 1270. The van der Waals surface area contributed by atoms with Crippen LogP contribution >= 0.6 is 0 Å². The van der Waals surface area contributed by atoms with Gasteiger partial charge in [-0.2, -0.15) is 9.41 Å². The average molecular weight is 458 g/mol. The summed E-state index contributed by atoms with van der Waals surface area (Å²) in [6, 6.07) is 14.9. The van der Waals surface area contributed by atoms with Crippen molar-refractivity contribution in [1.29, 1.82) is 0 Å². The van der Waals surface area contributed by atoms with Crippen LogP contribution in [0.4, 0.5) is 0 Å². The third-order valence-corrected chi connectivity index (χ3v) is 6.56. The molecule has 0 aliphatic rings. The van der Waals surface area contributed by atoms with Gasteiger partial charge in [0.1, 0.15) is 5.75 Å². The minimum absolute atomic E-state index is 0.00912. The van der Waals surface area contributed by atoms with Gasteiger partial charge in [0.05, 0.1) is 31.9 Å². The Morgan fingerprint density at radius 2 is 1.81 bits per heavy atom. The van der Waals surface area contributed by atoms with E-state index >= 15 is 0 Å².